The van der Waals surface area contributed by atoms with Crippen molar-refractivity contribution >= 4 is 0 Å². The predicted octanol–water partition coefficient (Wildman–Crippen LogP) is 1.19. The van der Waals surface area contributed by atoms with E-state index in [0.717, 1.165) is 29.7 Å². The van der Waals surface area contributed by atoms with Gasteiger partial charge in [0.2, 0.25) is 0 Å². The second-order valence-corrected chi connectivity index (χ2v) is 4.75. The molecule has 4 heteroatoms. The summed E-state index contributed by atoms with van der Waals surface area (Å²) in [6, 6.07) is 5.92. The predicted molar refractivity (Wildman–Crippen MR) is 69.7 cm³/mol. The molecule has 0 aliphatic carbocycles. The molecule has 100 valence electrons. The molecule has 2 rings (SSSR count). The summed E-state index contributed by atoms with van der Waals surface area (Å²) < 4.78 is 10.8. The van der Waals surface area contributed by atoms with Crippen molar-refractivity contribution in [1.82, 2.24) is 0 Å². The van der Waals surface area contributed by atoms with Crippen molar-refractivity contribution < 1.29 is 14.6 Å². The molecule has 1 atom stereocenters. The van der Waals surface area contributed by atoms with E-state index in [1.165, 1.54) is 0 Å². The van der Waals surface area contributed by atoms with Crippen molar-refractivity contribution in [2.24, 2.45) is 5.73 Å². The molecule has 4 nitrogen and oxygen atoms in total. The van der Waals surface area contributed by atoms with E-state index in [1.807, 2.05) is 18.2 Å². The first-order valence-electron chi connectivity index (χ1n) is 6.38. The summed E-state index contributed by atoms with van der Waals surface area (Å²) in [5.74, 6) is 0.828. The maximum Gasteiger partial charge on any atom is 0.128 e. The summed E-state index contributed by atoms with van der Waals surface area (Å²) in [7, 11) is 1.59. The Balaban J connectivity index is 2.33. The minimum Gasteiger partial charge on any atom is -0.493 e. The Morgan fingerprint density at radius 1 is 1.50 bits per heavy atom. The largest absolute Gasteiger partial charge is 0.493 e. The smallest absolute Gasteiger partial charge is 0.128 e. The maximum atomic E-state index is 10.8. The molecule has 18 heavy (non-hydrogen) atoms. The van der Waals surface area contributed by atoms with Gasteiger partial charge >= 0.3 is 0 Å². The lowest BCUT2D eigenvalue weighted by atomic mass is 9.88. The molecular formula is C14H21NO3. The van der Waals surface area contributed by atoms with E-state index in [9.17, 15) is 5.11 Å². The number of fused-ring (bicyclic) bond motifs is 1. The highest BCUT2D eigenvalue weighted by Crippen LogP contribution is 2.38. The van der Waals surface area contributed by atoms with E-state index >= 15 is 0 Å². The van der Waals surface area contributed by atoms with Crippen LogP contribution < -0.4 is 10.5 Å². The van der Waals surface area contributed by atoms with Crippen molar-refractivity contribution in [3.8, 4) is 5.75 Å². The van der Waals surface area contributed by atoms with Gasteiger partial charge in [-0.2, -0.15) is 0 Å². The van der Waals surface area contributed by atoms with Gasteiger partial charge in [0.15, 0.2) is 0 Å². The molecule has 0 radical (unpaired) electrons. The van der Waals surface area contributed by atoms with Gasteiger partial charge in [0.1, 0.15) is 11.4 Å². The third kappa shape index (κ3) is 2.51. The Hall–Kier alpha value is -1.10. The molecule has 0 fully saturated rings. The first-order chi connectivity index (χ1) is 8.71. The number of benzene rings is 1. The zero-order valence-corrected chi connectivity index (χ0v) is 10.8. The average molecular weight is 251 g/mol. The molecule has 1 aromatic carbocycles. The monoisotopic (exact) mass is 251 g/mol. The van der Waals surface area contributed by atoms with Crippen LogP contribution in [-0.2, 0) is 16.8 Å². The maximum absolute atomic E-state index is 10.8. The number of nitrogens with two attached hydrogens (primary N) is 1. The van der Waals surface area contributed by atoms with Gasteiger partial charge in [0.25, 0.3) is 0 Å². The molecule has 1 unspecified atom stereocenters. The molecule has 3 N–H and O–H groups in total. The van der Waals surface area contributed by atoms with Crippen LogP contribution in [0.4, 0.5) is 0 Å². The normalized spacial score (nSPS) is 17.1. The molecule has 0 bridgehead atoms. The molecule has 0 amide bonds. The van der Waals surface area contributed by atoms with Crippen LogP contribution in [0.5, 0.6) is 5.75 Å². The van der Waals surface area contributed by atoms with Crippen LogP contribution >= 0.6 is 0 Å². The summed E-state index contributed by atoms with van der Waals surface area (Å²) in [6.45, 7) is 1.50. The average Bonchev–Trinajstić information content (AvgIpc) is 2.84. The van der Waals surface area contributed by atoms with Crippen molar-refractivity contribution in [3.05, 3.63) is 29.3 Å². The molecule has 1 aromatic rings. The van der Waals surface area contributed by atoms with Crippen molar-refractivity contribution in [2.45, 2.75) is 24.9 Å². The summed E-state index contributed by atoms with van der Waals surface area (Å²) in [6.07, 6.45) is 2.24. The lowest BCUT2D eigenvalue weighted by Gasteiger charge is -2.29. The Kier molecular flexibility index (Phi) is 4.22. The van der Waals surface area contributed by atoms with Gasteiger partial charge in [-0.15, -0.1) is 0 Å². The highest BCUT2D eigenvalue weighted by molar-refractivity contribution is 5.47. The van der Waals surface area contributed by atoms with Crippen LogP contribution in [0, 0.1) is 0 Å². The van der Waals surface area contributed by atoms with Crippen molar-refractivity contribution in [2.75, 3.05) is 26.9 Å². The van der Waals surface area contributed by atoms with Crippen LogP contribution in [0.25, 0.3) is 0 Å². The topological polar surface area (TPSA) is 64.7 Å². The van der Waals surface area contributed by atoms with Gasteiger partial charge in [0, 0.05) is 19.1 Å². The number of para-hydroxylation sites is 1. The standard InChI is InChI=1S/C14H21NO3/c1-17-10-14(16,7-3-8-15)12-5-2-4-11-6-9-18-13(11)12/h2,4-5,16H,3,6-10,15H2,1H3. The van der Waals surface area contributed by atoms with E-state index < -0.39 is 5.60 Å². The number of hydrogen-bond donors (Lipinski definition) is 2. The third-order valence-electron chi connectivity index (χ3n) is 3.39. The molecular weight excluding hydrogens is 230 g/mol. The molecule has 1 aliphatic heterocycles. The summed E-state index contributed by atoms with van der Waals surface area (Å²) >= 11 is 0. The van der Waals surface area contributed by atoms with E-state index in [-0.39, 0.29) is 6.61 Å². The number of ether oxygens (including phenoxy) is 2. The van der Waals surface area contributed by atoms with Gasteiger partial charge in [-0.3, -0.25) is 0 Å². The lowest BCUT2D eigenvalue weighted by Crippen LogP contribution is -2.32. The van der Waals surface area contributed by atoms with E-state index in [0.29, 0.717) is 19.6 Å². The van der Waals surface area contributed by atoms with E-state index in [4.69, 9.17) is 15.2 Å². The molecule has 1 aliphatic rings. The molecule has 0 aromatic heterocycles. The van der Waals surface area contributed by atoms with E-state index in [1.54, 1.807) is 7.11 Å². The Labute approximate surface area is 108 Å². The first kappa shape index (κ1) is 13.3. The lowest BCUT2D eigenvalue weighted by molar-refractivity contribution is -0.0443. The third-order valence-corrected chi connectivity index (χ3v) is 3.39. The minimum atomic E-state index is -1.01. The van der Waals surface area contributed by atoms with Crippen molar-refractivity contribution in [1.29, 1.82) is 0 Å². The number of methoxy groups -OCH3 is 1. The molecule has 1 heterocycles. The minimum absolute atomic E-state index is 0.257. The Morgan fingerprint density at radius 2 is 2.33 bits per heavy atom. The molecule has 0 saturated carbocycles. The van der Waals surface area contributed by atoms with Gasteiger partial charge in [-0.1, -0.05) is 18.2 Å². The quantitative estimate of drug-likeness (QED) is 0.797. The van der Waals surface area contributed by atoms with Crippen LogP contribution in [-0.4, -0.2) is 32.0 Å². The Bertz CT molecular complexity index is 408. The second-order valence-electron chi connectivity index (χ2n) is 4.75. The van der Waals surface area contributed by atoms with Crippen LogP contribution in [0.3, 0.4) is 0 Å². The second kappa shape index (κ2) is 5.69. The molecule has 0 saturated heterocycles. The number of aliphatic hydroxyl groups is 1. The van der Waals surface area contributed by atoms with Gasteiger partial charge in [0.05, 0.1) is 13.2 Å². The number of hydrogen-bond acceptors (Lipinski definition) is 4. The zero-order valence-electron chi connectivity index (χ0n) is 10.8. The van der Waals surface area contributed by atoms with Crippen LogP contribution in [0.15, 0.2) is 18.2 Å². The van der Waals surface area contributed by atoms with Crippen molar-refractivity contribution in [3.63, 3.8) is 0 Å². The zero-order chi connectivity index (χ0) is 13.0. The van der Waals surface area contributed by atoms with Gasteiger partial charge in [-0.05, 0) is 24.9 Å². The fourth-order valence-corrected chi connectivity index (χ4v) is 2.50. The fourth-order valence-electron chi connectivity index (χ4n) is 2.50. The first-order valence-corrected chi connectivity index (χ1v) is 6.38. The SMILES string of the molecule is COCC(O)(CCCN)c1cccc2c1OCC2. The van der Waals surface area contributed by atoms with Crippen LogP contribution in [0.1, 0.15) is 24.0 Å². The summed E-state index contributed by atoms with van der Waals surface area (Å²) in [4.78, 5) is 0. The number of rotatable bonds is 6. The molecule has 0 spiro atoms. The summed E-state index contributed by atoms with van der Waals surface area (Å²) in [5.41, 5.74) is 6.52. The Morgan fingerprint density at radius 3 is 3.06 bits per heavy atom. The van der Waals surface area contributed by atoms with E-state index in [2.05, 4.69) is 0 Å². The highest BCUT2D eigenvalue weighted by atomic mass is 16.5. The summed E-state index contributed by atoms with van der Waals surface area (Å²) in [5, 5.41) is 10.8. The van der Waals surface area contributed by atoms with Crippen LogP contribution in [0.2, 0.25) is 0 Å². The van der Waals surface area contributed by atoms with Gasteiger partial charge in [-0.25, -0.2) is 0 Å². The van der Waals surface area contributed by atoms with Gasteiger partial charge < -0.3 is 20.3 Å². The fraction of sp³-hybridized carbons (Fsp3) is 0.571. The highest BCUT2D eigenvalue weighted by Gasteiger charge is 2.34.